The molecule has 5 heteroatoms. The second-order valence-corrected chi connectivity index (χ2v) is 4.35. The molecule has 1 aromatic rings. The van der Waals surface area contributed by atoms with Crippen LogP contribution in [-0.4, -0.2) is 47.8 Å². The summed E-state index contributed by atoms with van der Waals surface area (Å²) in [6, 6.07) is 1.79. The third kappa shape index (κ3) is 3.09. The molecule has 0 aromatic carbocycles. The van der Waals surface area contributed by atoms with E-state index in [1.165, 1.54) is 11.5 Å². The lowest BCUT2D eigenvalue weighted by Gasteiger charge is -2.17. The van der Waals surface area contributed by atoms with Gasteiger partial charge in [0.05, 0.1) is 6.54 Å². The minimum atomic E-state index is 0.137. The smallest absolute Gasteiger partial charge is 0.196 e. The molecule has 0 radical (unpaired) electrons. The number of hydrogen-bond acceptors (Lipinski definition) is 5. The zero-order valence-electron chi connectivity index (χ0n) is 8.61. The van der Waals surface area contributed by atoms with Crippen LogP contribution in [-0.2, 0) is 0 Å². The van der Waals surface area contributed by atoms with Gasteiger partial charge in [0, 0.05) is 18.5 Å². The van der Waals surface area contributed by atoms with Gasteiger partial charge in [-0.05, 0) is 37.1 Å². The summed E-state index contributed by atoms with van der Waals surface area (Å²) in [6.07, 6.45) is 1.12. The maximum atomic E-state index is 11.8. The lowest BCUT2D eigenvalue weighted by Crippen LogP contribution is -2.33. The van der Waals surface area contributed by atoms with Gasteiger partial charge in [0.1, 0.15) is 5.69 Å². The maximum absolute atomic E-state index is 11.8. The van der Waals surface area contributed by atoms with Crippen molar-refractivity contribution in [3.63, 3.8) is 0 Å². The molecule has 1 aliphatic rings. The Labute approximate surface area is 93.5 Å². The Morgan fingerprint density at radius 2 is 2.47 bits per heavy atom. The Hall–Kier alpha value is -0.780. The molecule has 1 aromatic heterocycles. The first-order valence-electron chi connectivity index (χ1n) is 5.23. The molecule has 1 N–H and O–H groups in total. The van der Waals surface area contributed by atoms with E-state index < -0.39 is 0 Å². The SMILES string of the molecule is O=C(CN1CCCNCC1)c1ccsn1. The van der Waals surface area contributed by atoms with Crippen LogP contribution in [0.3, 0.4) is 0 Å². The van der Waals surface area contributed by atoms with Gasteiger partial charge >= 0.3 is 0 Å². The Bertz CT molecular complexity index is 304. The summed E-state index contributed by atoms with van der Waals surface area (Å²) in [6.45, 7) is 4.50. The molecule has 0 spiro atoms. The molecule has 1 aliphatic heterocycles. The van der Waals surface area contributed by atoms with Crippen molar-refractivity contribution in [2.24, 2.45) is 0 Å². The number of hydrogen-bond donors (Lipinski definition) is 1. The van der Waals surface area contributed by atoms with Gasteiger partial charge in [0.15, 0.2) is 5.78 Å². The number of carbonyl (C=O) groups is 1. The molecule has 15 heavy (non-hydrogen) atoms. The Kier molecular flexibility index (Phi) is 3.82. The van der Waals surface area contributed by atoms with E-state index in [2.05, 4.69) is 14.6 Å². The second-order valence-electron chi connectivity index (χ2n) is 3.69. The van der Waals surface area contributed by atoms with Crippen LogP contribution in [0.25, 0.3) is 0 Å². The summed E-state index contributed by atoms with van der Waals surface area (Å²) in [5.74, 6) is 0.137. The van der Waals surface area contributed by atoms with E-state index in [-0.39, 0.29) is 5.78 Å². The molecule has 0 saturated carbocycles. The van der Waals surface area contributed by atoms with Crippen molar-refractivity contribution in [3.8, 4) is 0 Å². The minimum absolute atomic E-state index is 0.137. The molecule has 2 heterocycles. The highest BCUT2D eigenvalue weighted by Gasteiger charge is 2.14. The predicted molar refractivity (Wildman–Crippen MR) is 60.4 cm³/mol. The number of carbonyl (C=O) groups excluding carboxylic acids is 1. The molecule has 0 aliphatic carbocycles. The van der Waals surface area contributed by atoms with Crippen LogP contribution in [0.1, 0.15) is 16.9 Å². The van der Waals surface area contributed by atoms with Crippen molar-refractivity contribution >= 4 is 17.3 Å². The van der Waals surface area contributed by atoms with Crippen LogP contribution in [0, 0.1) is 0 Å². The zero-order valence-corrected chi connectivity index (χ0v) is 9.42. The number of Topliss-reactive ketones (excluding diaryl/α,β-unsaturated/α-hetero) is 1. The highest BCUT2D eigenvalue weighted by atomic mass is 32.1. The van der Waals surface area contributed by atoms with Crippen LogP contribution in [0.2, 0.25) is 0 Å². The number of rotatable bonds is 3. The van der Waals surface area contributed by atoms with Crippen LogP contribution < -0.4 is 5.32 Å². The van der Waals surface area contributed by atoms with Crippen molar-refractivity contribution < 1.29 is 4.79 Å². The van der Waals surface area contributed by atoms with Crippen LogP contribution in [0.5, 0.6) is 0 Å². The standard InChI is InChI=1S/C10H15N3OS/c14-10(9-2-7-15-12-9)8-13-5-1-3-11-4-6-13/h2,7,11H,1,3-6,8H2. The normalized spacial score (nSPS) is 18.7. The van der Waals surface area contributed by atoms with E-state index in [4.69, 9.17) is 0 Å². The summed E-state index contributed by atoms with van der Waals surface area (Å²) in [5, 5.41) is 5.16. The fourth-order valence-electron chi connectivity index (χ4n) is 1.70. The van der Waals surface area contributed by atoms with Crippen molar-refractivity contribution in [3.05, 3.63) is 17.1 Å². The molecule has 1 fully saturated rings. The number of nitrogens with one attached hydrogen (secondary N) is 1. The third-order valence-corrected chi connectivity index (χ3v) is 3.08. The van der Waals surface area contributed by atoms with Gasteiger partial charge in [-0.15, -0.1) is 0 Å². The molecule has 0 amide bonds. The average Bonchev–Trinajstić information content (AvgIpc) is 2.65. The van der Waals surface area contributed by atoms with E-state index >= 15 is 0 Å². The lowest BCUT2D eigenvalue weighted by atomic mass is 10.2. The highest BCUT2D eigenvalue weighted by molar-refractivity contribution is 7.03. The molecule has 82 valence electrons. The quantitative estimate of drug-likeness (QED) is 0.766. The number of aromatic nitrogens is 1. The molecule has 0 bridgehead atoms. The van der Waals surface area contributed by atoms with E-state index in [0.717, 1.165) is 32.6 Å². The minimum Gasteiger partial charge on any atom is -0.315 e. The first-order chi connectivity index (χ1) is 7.36. The largest absolute Gasteiger partial charge is 0.315 e. The first-order valence-corrected chi connectivity index (χ1v) is 6.06. The predicted octanol–water partition coefficient (Wildman–Crippen LogP) is 0.621. The average molecular weight is 225 g/mol. The molecule has 2 rings (SSSR count). The zero-order chi connectivity index (χ0) is 10.5. The van der Waals surface area contributed by atoms with Gasteiger partial charge in [0.2, 0.25) is 0 Å². The molecule has 4 nitrogen and oxygen atoms in total. The van der Waals surface area contributed by atoms with Gasteiger partial charge in [0.25, 0.3) is 0 Å². The lowest BCUT2D eigenvalue weighted by molar-refractivity contribution is 0.0931. The number of ketones is 1. The van der Waals surface area contributed by atoms with Crippen LogP contribution in [0.4, 0.5) is 0 Å². The Balaban J connectivity index is 1.87. The van der Waals surface area contributed by atoms with Crippen molar-refractivity contribution in [2.45, 2.75) is 6.42 Å². The van der Waals surface area contributed by atoms with E-state index in [1.807, 2.05) is 5.38 Å². The Morgan fingerprint density at radius 3 is 3.27 bits per heavy atom. The fourth-order valence-corrected chi connectivity index (χ4v) is 2.23. The topological polar surface area (TPSA) is 45.2 Å². The van der Waals surface area contributed by atoms with E-state index in [1.54, 1.807) is 6.07 Å². The first kappa shape index (κ1) is 10.7. The molecular formula is C10H15N3OS. The molecule has 0 atom stereocenters. The summed E-state index contributed by atoms with van der Waals surface area (Å²) < 4.78 is 4.05. The van der Waals surface area contributed by atoms with Crippen LogP contribution in [0.15, 0.2) is 11.4 Å². The van der Waals surface area contributed by atoms with E-state index in [9.17, 15) is 4.79 Å². The van der Waals surface area contributed by atoms with Gasteiger partial charge in [-0.2, -0.15) is 4.37 Å². The third-order valence-electron chi connectivity index (χ3n) is 2.52. The highest BCUT2D eigenvalue weighted by Crippen LogP contribution is 2.03. The second kappa shape index (κ2) is 5.34. The molecule has 1 saturated heterocycles. The van der Waals surface area contributed by atoms with E-state index in [0.29, 0.717) is 12.2 Å². The molecular weight excluding hydrogens is 210 g/mol. The van der Waals surface area contributed by atoms with Crippen molar-refractivity contribution in [1.82, 2.24) is 14.6 Å². The van der Waals surface area contributed by atoms with Gasteiger partial charge in [-0.25, -0.2) is 0 Å². The van der Waals surface area contributed by atoms with Gasteiger partial charge in [-0.3, -0.25) is 9.69 Å². The summed E-state index contributed by atoms with van der Waals surface area (Å²) >= 11 is 1.33. The summed E-state index contributed by atoms with van der Waals surface area (Å²) in [5.41, 5.74) is 0.609. The van der Waals surface area contributed by atoms with Crippen LogP contribution >= 0.6 is 11.5 Å². The summed E-state index contributed by atoms with van der Waals surface area (Å²) in [4.78, 5) is 14.0. The van der Waals surface area contributed by atoms with Crippen molar-refractivity contribution in [2.75, 3.05) is 32.7 Å². The maximum Gasteiger partial charge on any atom is 0.196 e. The fraction of sp³-hybridized carbons (Fsp3) is 0.600. The van der Waals surface area contributed by atoms with Gasteiger partial charge in [-0.1, -0.05) is 0 Å². The monoisotopic (exact) mass is 225 g/mol. The number of nitrogens with zero attached hydrogens (tertiary/aromatic N) is 2. The van der Waals surface area contributed by atoms with Crippen molar-refractivity contribution in [1.29, 1.82) is 0 Å². The Morgan fingerprint density at radius 1 is 1.53 bits per heavy atom. The summed E-state index contributed by atoms with van der Waals surface area (Å²) in [7, 11) is 0. The van der Waals surface area contributed by atoms with Gasteiger partial charge < -0.3 is 5.32 Å². The molecule has 0 unspecified atom stereocenters.